The highest BCUT2D eigenvalue weighted by Gasteiger charge is 2.21. The van der Waals surface area contributed by atoms with Crippen molar-refractivity contribution in [2.24, 2.45) is 0 Å². The average molecular weight is 313 g/mol. The van der Waals surface area contributed by atoms with Gasteiger partial charge in [0.15, 0.2) is 23.1 Å². The van der Waals surface area contributed by atoms with Crippen molar-refractivity contribution in [3.05, 3.63) is 30.1 Å². The number of rotatable bonds is 3. The van der Waals surface area contributed by atoms with Crippen molar-refractivity contribution in [1.29, 1.82) is 0 Å². The number of anilines is 3. The molecule has 1 aromatic heterocycles. The maximum atomic E-state index is 11.6. The Labute approximate surface area is 132 Å². The molecule has 1 atom stereocenters. The predicted octanol–water partition coefficient (Wildman–Crippen LogP) is 1.74. The van der Waals surface area contributed by atoms with Gasteiger partial charge in [0.25, 0.3) is 0 Å². The molecule has 23 heavy (non-hydrogen) atoms. The van der Waals surface area contributed by atoms with Gasteiger partial charge >= 0.3 is 0 Å². The summed E-state index contributed by atoms with van der Waals surface area (Å²) in [7, 11) is 0. The Balaban J connectivity index is 1.60. The van der Waals surface area contributed by atoms with Crippen LogP contribution in [-0.2, 0) is 4.79 Å². The molecule has 1 aromatic carbocycles. The largest absolute Gasteiger partial charge is 0.454 e. The van der Waals surface area contributed by atoms with E-state index in [0.29, 0.717) is 17.3 Å². The van der Waals surface area contributed by atoms with Crippen LogP contribution in [0.5, 0.6) is 11.5 Å². The minimum atomic E-state index is -0.119. The Bertz CT molecular complexity index is 780. The van der Waals surface area contributed by atoms with Gasteiger partial charge in [-0.3, -0.25) is 4.79 Å². The summed E-state index contributed by atoms with van der Waals surface area (Å²) in [6, 6.07) is 5.75. The van der Waals surface area contributed by atoms with E-state index in [0.717, 1.165) is 17.1 Å². The SMILES string of the molecule is C[C@@H](Nc1ncnc2c1NC(=O)CN2)c1ccc2c(c1)OCO2. The lowest BCUT2D eigenvalue weighted by atomic mass is 10.1. The average Bonchev–Trinajstić information content (AvgIpc) is 3.03. The molecule has 0 spiro atoms. The van der Waals surface area contributed by atoms with Gasteiger partial charge in [-0.15, -0.1) is 0 Å². The fraction of sp³-hybridized carbons (Fsp3) is 0.267. The van der Waals surface area contributed by atoms with E-state index in [1.165, 1.54) is 6.33 Å². The maximum absolute atomic E-state index is 11.6. The van der Waals surface area contributed by atoms with E-state index in [9.17, 15) is 4.79 Å². The van der Waals surface area contributed by atoms with E-state index < -0.39 is 0 Å². The standard InChI is InChI=1S/C15H15N5O3/c1-8(9-2-3-10-11(4-9)23-7-22-10)19-15-13-14(17-6-18-15)16-5-12(21)20-13/h2-4,6,8H,5,7H2,1H3,(H,20,21)(H2,16,17,18,19)/t8-/m1/s1. The summed E-state index contributed by atoms with van der Waals surface area (Å²) < 4.78 is 10.7. The Morgan fingerprint density at radius 2 is 2.13 bits per heavy atom. The fourth-order valence-electron chi connectivity index (χ4n) is 2.57. The number of ether oxygens (including phenoxy) is 2. The third kappa shape index (κ3) is 2.48. The molecule has 3 N–H and O–H groups in total. The van der Waals surface area contributed by atoms with Gasteiger partial charge in [0, 0.05) is 0 Å². The third-order valence-electron chi connectivity index (χ3n) is 3.78. The molecule has 0 radical (unpaired) electrons. The van der Waals surface area contributed by atoms with Crippen LogP contribution in [0.15, 0.2) is 24.5 Å². The molecule has 0 fully saturated rings. The van der Waals surface area contributed by atoms with Crippen molar-refractivity contribution in [2.75, 3.05) is 29.3 Å². The van der Waals surface area contributed by atoms with Gasteiger partial charge < -0.3 is 25.4 Å². The molecular formula is C15H15N5O3. The third-order valence-corrected chi connectivity index (χ3v) is 3.78. The monoisotopic (exact) mass is 313 g/mol. The summed E-state index contributed by atoms with van der Waals surface area (Å²) in [4.78, 5) is 19.9. The minimum absolute atomic E-state index is 0.0395. The van der Waals surface area contributed by atoms with Crippen molar-refractivity contribution in [2.45, 2.75) is 13.0 Å². The van der Waals surface area contributed by atoms with Crippen LogP contribution in [0.1, 0.15) is 18.5 Å². The second-order valence-corrected chi connectivity index (χ2v) is 5.33. The molecule has 8 heteroatoms. The molecule has 2 aromatic rings. The summed E-state index contributed by atoms with van der Waals surface area (Å²) in [6.07, 6.45) is 1.46. The molecule has 1 amide bonds. The molecule has 0 bridgehead atoms. The van der Waals surface area contributed by atoms with Gasteiger partial charge in [0.05, 0.1) is 12.6 Å². The lowest BCUT2D eigenvalue weighted by Crippen LogP contribution is -2.29. The lowest BCUT2D eigenvalue weighted by molar-refractivity contribution is -0.114. The second kappa shape index (κ2) is 5.31. The number of nitrogens with zero attached hydrogens (tertiary/aromatic N) is 2. The van der Waals surface area contributed by atoms with Crippen LogP contribution in [0.4, 0.5) is 17.3 Å². The molecule has 0 saturated carbocycles. The summed E-state index contributed by atoms with van der Waals surface area (Å²) in [5.74, 6) is 2.54. The zero-order chi connectivity index (χ0) is 15.8. The highest BCUT2D eigenvalue weighted by Crippen LogP contribution is 2.36. The summed E-state index contributed by atoms with van der Waals surface area (Å²) in [5.41, 5.74) is 1.59. The van der Waals surface area contributed by atoms with E-state index in [-0.39, 0.29) is 25.3 Å². The van der Waals surface area contributed by atoms with Gasteiger partial charge in [0.2, 0.25) is 12.7 Å². The van der Waals surface area contributed by atoms with E-state index in [1.54, 1.807) is 0 Å². The zero-order valence-corrected chi connectivity index (χ0v) is 12.4. The van der Waals surface area contributed by atoms with Crippen molar-refractivity contribution in [3.8, 4) is 11.5 Å². The van der Waals surface area contributed by atoms with Gasteiger partial charge in [-0.2, -0.15) is 0 Å². The van der Waals surface area contributed by atoms with Crippen LogP contribution in [0, 0.1) is 0 Å². The van der Waals surface area contributed by atoms with Crippen LogP contribution in [-0.4, -0.2) is 29.2 Å². The number of fused-ring (bicyclic) bond motifs is 2. The highest BCUT2D eigenvalue weighted by atomic mass is 16.7. The Hall–Kier alpha value is -3.03. The van der Waals surface area contributed by atoms with E-state index in [1.807, 2.05) is 25.1 Å². The number of amides is 1. The van der Waals surface area contributed by atoms with Gasteiger partial charge in [0.1, 0.15) is 12.0 Å². The minimum Gasteiger partial charge on any atom is -0.454 e. The number of hydrogen-bond acceptors (Lipinski definition) is 7. The topological polar surface area (TPSA) is 97.4 Å². The predicted molar refractivity (Wildman–Crippen MR) is 83.8 cm³/mol. The summed E-state index contributed by atoms with van der Waals surface area (Å²) in [5, 5.41) is 9.05. The fourth-order valence-corrected chi connectivity index (χ4v) is 2.57. The lowest BCUT2D eigenvalue weighted by Gasteiger charge is -2.22. The number of carbonyl (C=O) groups is 1. The molecular weight excluding hydrogens is 298 g/mol. The molecule has 0 unspecified atom stereocenters. The normalized spacial score (nSPS) is 16.1. The first kappa shape index (κ1) is 13.6. The molecule has 118 valence electrons. The number of hydrogen-bond donors (Lipinski definition) is 3. The molecule has 2 aliphatic rings. The second-order valence-electron chi connectivity index (χ2n) is 5.33. The van der Waals surface area contributed by atoms with Crippen molar-refractivity contribution in [1.82, 2.24) is 9.97 Å². The maximum Gasteiger partial charge on any atom is 0.243 e. The number of nitrogens with one attached hydrogen (secondary N) is 3. The van der Waals surface area contributed by atoms with E-state index >= 15 is 0 Å². The Morgan fingerprint density at radius 1 is 1.26 bits per heavy atom. The Morgan fingerprint density at radius 3 is 3.04 bits per heavy atom. The van der Waals surface area contributed by atoms with Crippen molar-refractivity contribution in [3.63, 3.8) is 0 Å². The molecule has 0 aliphatic carbocycles. The summed E-state index contributed by atoms with van der Waals surface area (Å²) in [6.45, 7) is 2.46. The summed E-state index contributed by atoms with van der Waals surface area (Å²) >= 11 is 0. The molecule has 4 rings (SSSR count). The smallest absolute Gasteiger partial charge is 0.243 e. The van der Waals surface area contributed by atoms with Crippen LogP contribution >= 0.6 is 0 Å². The van der Waals surface area contributed by atoms with Gasteiger partial charge in [-0.25, -0.2) is 9.97 Å². The van der Waals surface area contributed by atoms with Gasteiger partial charge in [-0.1, -0.05) is 6.07 Å². The van der Waals surface area contributed by atoms with E-state index in [4.69, 9.17) is 9.47 Å². The number of aromatic nitrogens is 2. The quantitative estimate of drug-likeness (QED) is 0.794. The molecule has 0 saturated heterocycles. The Kier molecular flexibility index (Phi) is 3.14. The number of benzene rings is 1. The number of carbonyl (C=O) groups excluding carboxylic acids is 1. The molecule has 2 aliphatic heterocycles. The van der Waals surface area contributed by atoms with Crippen LogP contribution in [0.3, 0.4) is 0 Å². The molecule has 3 heterocycles. The zero-order valence-electron chi connectivity index (χ0n) is 12.4. The van der Waals surface area contributed by atoms with Crippen molar-refractivity contribution >= 4 is 23.2 Å². The highest BCUT2D eigenvalue weighted by molar-refractivity contribution is 6.02. The first-order valence-corrected chi connectivity index (χ1v) is 7.25. The van der Waals surface area contributed by atoms with Crippen LogP contribution in [0.2, 0.25) is 0 Å². The first-order valence-electron chi connectivity index (χ1n) is 7.25. The van der Waals surface area contributed by atoms with Gasteiger partial charge in [-0.05, 0) is 24.6 Å². The van der Waals surface area contributed by atoms with Crippen LogP contribution in [0.25, 0.3) is 0 Å². The van der Waals surface area contributed by atoms with Crippen molar-refractivity contribution < 1.29 is 14.3 Å². The van der Waals surface area contributed by atoms with E-state index in [2.05, 4.69) is 25.9 Å². The van der Waals surface area contributed by atoms with Crippen LogP contribution < -0.4 is 25.4 Å². The molecule has 8 nitrogen and oxygen atoms in total. The first-order chi connectivity index (χ1) is 11.2.